The first-order chi connectivity index (χ1) is 19.9. The van der Waals surface area contributed by atoms with Gasteiger partial charge >= 0.3 is 6.09 Å². The Morgan fingerprint density at radius 3 is 2.32 bits per heavy atom. The van der Waals surface area contributed by atoms with Gasteiger partial charge < -0.3 is 14.5 Å². The number of carbonyl (C=O) groups excluding carboxylic acids is 1. The fourth-order valence-electron chi connectivity index (χ4n) is 5.60. The fraction of sp³-hybridized carbons (Fsp3) is 0.469. The quantitative estimate of drug-likeness (QED) is 0.240. The standard InChI is InChI=1S/C32H41N3O4S2/c1-33(41(37,38)31-10-6-3-7-11-31)23-28(29-17-21-40-25-29)14-18-34-19-15-30(16-20-34)35(22-26-12-13-26)32(36)39-24-27-8-4-2-5-9-27/h2-11,17,21,25-26,28,30H,12-16,18-20,22-24H2,1H3/t28-/m0/s1. The number of benzene rings is 2. The van der Waals surface area contributed by atoms with Gasteiger partial charge in [-0.2, -0.15) is 11.3 Å². The van der Waals surface area contributed by atoms with Crippen molar-refractivity contribution in [3.05, 3.63) is 88.6 Å². The third-order valence-corrected chi connectivity index (χ3v) is 10.9. The van der Waals surface area contributed by atoms with Crippen LogP contribution in [0.15, 0.2) is 82.4 Å². The first-order valence-electron chi connectivity index (χ1n) is 14.6. The predicted molar refractivity (Wildman–Crippen MR) is 163 cm³/mol. The normalized spacial score (nSPS) is 17.4. The van der Waals surface area contributed by atoms with Gasteiger partial charge in [0.05, 0.1) is 4.90 Å². The molecule has 0 radical (unpaired) electrons. The van der Waals surface area contributed by atoms with Gasteiger partial charge in [0.15, 0.2) is 0 Å². The van der Waals surface area contributed by atoms with Crippen molar-refractivity contribution in [1.29, 1.82) is 0 Å². The lowest BCUT2D eigenvalue weighted by molar-refractivity contribution is 0.0580. The minimum Gasteiger partial charge on any atom is -0.445 e. The molecule has 2 aliphatic rings. The Labute approximate surface area is 248 Å². The van der Waals surface area contributed by atoms with Crippen LogP contribution in [0.25, 0.3) is 0 Å². The molecule has 0 spiro atoms. The summed E-state index contributed by atoms with van der Waals surface area (Å²) in [5, 5.41) is 4.20. The Morgan fingerprint density at radius 1 is 1.00 bits per heavy atom. The maximum atomic E-state index is 13.2. The van der Waals surface area contributed by atoms with Crippen LogP contribution in [0.2, 0.25) is 0 Å². The molecule has 0 bridgehead atoms. The topological polar surface area (TPSA) is 70.2 Å². The minimum absolute atomic E-state index is 0.113. The smallest absolute Gasteiger partial charge is 0.410 e. The van der Waals surface area contributed by atoms with E-state index in [1.165, 1.54) is 22.7 Å². The van der Waals surface area contributed by atoms with Gasteiger partial charge in [-0.1, -0.05) is 48.5 Å². The summed E-state index contributed by atoms with van der Waals surface area (Å²) in [6.07, 6.45) is 4.93. The number of hydrogen-bond donors (Lipinski definition) is 0. The van der Waals surface area contributed by atoms with Gasteiger partial charge in [-0.05, 0) is 90.6 Å². The highest BCUT2D eigenvalue weighted by Gasteiger charge is 2.34. The molecule has 1 saturated heterocycles. The summed E-state index contributed by atoms with van der Waals surface area (Å²) in [7, 11) is -1.87. The number of amides is 1. The highest BCUT2D eigenvalue weighted by Crippen LogP contribution is 2.32. The van der Waals surface area contributed by atoms with E-state index in [4.69, 9.17) is 4.74 Å². The highest BCUT2D eigenvalue weighted by atomic mass is 32.2. The molecule has 1 aliphatic carbocycles. The van der Waals surface area contributed by atoms with Gasteiger partial charge in [-0.25, -0.2) is 17.5 Å². The largest absolute Gasteiger partial charge is 0.445 e. The van der Waals surface area contributed by atoms with Crippen LogP contribution in [0, 0.1) is 5.92 Å². The Bertz CT molecular complexity index is 1320. The van der Waals surface area contributed by atoms with Crippen LogP contribution in [-0.2, 0) is 21.4 Å². The van der Waals surface area contributed by atoms with Gasteiger partial charge in [0.2, 0.25) is 10.0 Å². The van der Waals surface area contributed by atoms with Crippen LogP contribution >= 0.6 is 11.3 Å². The Hall–Kier alpha value is -2.72. The number of rotatable bonds is 13. The maximum Gasteiger partial charge on any atom is 0.410 e. The van der Waals surface area contributed by atoms with Crippen LogP contribution in [0.4, 0.5) is 4.79 Å². The number of ether oxygens (including phenoxy) is 1. The van der Waals surface area contributed by atoms with Crippen molar-refractivity contribution >= 4 is 27.5 Å². The molecule has 3 aromatic rings. The second-order valence-electron chi connectivity index (χ2n) is 11.3. The summed E-state index contributed by atoms with van der Waals surface area (Å²) >= 11 is 1.65. The first-order valence-corrected chi connectivity index (χ1v) is 17.0. The molecule has 1 saturated carbocycles. The van der Waals surface area contributed by atoms with Crippen molar-refractivity contribution in [1.82, 2.24) is 14.1 Å². The van der Waals surface area contributed by atoms with Crippen molar-refractivity contribution < 1.29 is 17.9 Å². The van der Waals surface area contributed by atoms with Crippen molar-refractivity contribution in [2.45, 2.75) is 55.6 Å². The van der Waals surface area contributed by atoms with Gasteiger partial charge in [0.1, 0.15) is 6.61 Å². The average Bonchev–Trinajstić information content (AvgIpc) is 3.67. The summed E-state index contributed by atoms with van der Waals surface area (Å²) in [6, 6.07) is 20.8. The van der Waals surface area contributed by atoms with Crippen LogP contribution < -0.4 is 0 Å². The highest BCUT2D eigenvalue weighted by molar-refractivity contribution is 7.89. The maximum absolute atomic E-state index is 13.2. The van der Waals surface area contributed by atoms with Crippen molar-refractivity contribution in [3.63, 3.8) is 0 Å². The second kappa shape index (κ2) is 14.0. The lowest BCUT2D eigenvalue weighted by Gasteiger charge is -2.38. The number of sulfonamides is 1. The van der Waals surface area contributed by atoms with Gasteiger partial charge in [-0.3, -0.25) is 0 Å². The molecule has 9 heteroatoms. The number of thiophene rings is 1. The lowest BCUT2D eigenvalue weighted by atomic mass is 9.97. The van der Waals surface area contributed by atoms with E-state index in [0.29, 0.717) is 24.0 Å². The van der Waals surface area contributed by atoms with Crippen molar-refractivity contribution in [2.75, 3.05) is 39.8 Å². The van der Waals surface area contributed by atoms with E-state index in [1.807, 2.05) is 41.3 Å². The molecule has 0 unspecified atom stereocenters. The molecule has 1 aromatic heterocycles. The van der Waals surface area contributed by atoms with Crippen LogP contribution in [0.1, 0.15) is 49.1 Å². The van der Waals surface area contributed by atoms with Crippen LogP contribution in [0.3, 0.4) is 0 Å². The summed E-state index contributed by atoms with van der Waals surface area (Å²) in [5.74, 6) is 0.717. The number of piperidine rings is 1. The van der Waals surface area contributed by atoms with E-state index >= 15 is 0 Å². The van der Waals surface area contributed by atoms with Gasteiger partial charge in [-0.15, -0.1) is 0 Å². The Balaban J connectivity index is 1.15. The lowest BCUT2D eigenvalue weighted by Crippen LogP contribution is -2.48. The number of carbonyl (C=O) groups is 1. The molecule has 2 heterocycles. The molecule has 2 fully saturated rings. The zero-order valence-electron chi connectivity index (χ0n) is 23.8. The molecule has 1 atom stereocenters. The molecule has 1 aliphatic heterocycles. The van der Waals surface area contributed by atoms with Crippen molar-refractivity contribution in [3.8, 4) is 0 Å². The summed E-state index contributed by atoms with van der Waals surface area (Å²) in [4.78, 5) is 17.9. The molecule has 220 valence electrons. The average molecular weight is 596 g/mol. The summed E-state index contributed by atoms with van der Waals surface area (Å²) in [6.45, 7) is 4.28. The molecule has 1 amide bonds. The molecule has 0 N–H and O–H groups in total. The van der Waals surface area contributed by atoms with Crippen LogP contribution in [-0.4, -0.2) is 74.4 Å². The summed E-state index contributed by atoms with van der Waals surface area (Å²) in [5.41, 5.74) is 2.20. The molecule has 41 heavy (non-hydrogen) atoms. The van der Waals surface area contributed by atoms with E-state index < -0.39 is 10.0 Å². The van der Waals surface area contributed by atoms with Crippen LogP contribution in [0.5, 0.6) is 0 Å². The minimum atomic E-state index is -3.55. The molecule has 2 aromatic carbocycles. The molecule has 5 rings (SSSR count). The first kappa shape index (κ1) is 29.8. The predicted octanol–water partition coefficient (Wildman–Crippen LogP) is 6.06. The van der Waals surface area contributed by atoms with Gasteiger partial charge in [0.25, 0.3) is 0 Å². The number of nitrogens with zero attached hydrogens (tertiary/aromatic N) is 3. The number of likely N-dealkylation sites (N-methyl/N-ethyl adjacent to an activating group) is 1. The third kappa shape index (κ3) is 8.19. The Morgan fingerprint density at radius 2 is 1.68 bits per heavy atom. The van der Waals surface area contributed by atoms with E-state index in [-0.39, 0.29) is 18.1 Å². The zero-order chi connectivity index (χ0) is 28.7. The zero-order valence-corrected chi connectivity index (χ0v) is 25.4. The monoisotopic (exact) mass is 595 g/mol. The fourth-order valence-corrected chi connectivity index (χ4v) is 7.58. The number of likely N-dealkylation sites (tertiary alicyclic amines) is 1. The third-order valence-electron chi connectivity index (χ3n) is 8.33. The van der Waals surface area contributed by atoms with E-state index in [2.05, 4.69) is 21.7 Å². The van der Waals surface area contributed by atoms with E-state index in [1.54, 1.807) is 42.6 Å². The Kier molecular flexibility index (Phi) is 10.1. The van der Waals surface area contributed by atoms with E-state index in [0.717, 1.165) is 51.0 Å². The van der Waals surface area contributed by atoms with E-state index in [9.17, 15) is 13.2 Å². The van der Waals surface area contributed by atoms with Crippen molar-refractivity contribution in [2.24, 2.45) is 5.92 Å². The van der Waals surface area contributed by atoms with Gasteiger partial charge in [0, 0.05) is 39.3 Å². The summed E-state index contributed by atoms with van der Waals surface area (Å²) < 4.78 is 33.6. The molecular weight excluding hydrogens is 555 g/mol. The number of hydrogen-bond acceptors (Lipinski definition) is 6. The molecular formula is C32H41N3O4S2. The molecule has 7 nitrogen and oxygen atoms in total. The SMILES string of the molecule is CN(C[C@H](CCN1CCC(N(CC2CC2)C(=O)OCc2ccccc2)CC1)c1ccsc1)S(=O)(=O)c1ccccc1. The second-order valence-corrected chi connectivity index (χ2v) is 14.2.